The first kappa shape index (κ1) is 14.1. The predicted molar refractivity (Wildman–Crippen MR) is 79.7 cm³/mol. The van der Waals surface area contributed by atoms with E-state index in [4.69, 9.17) is 14.9 Å². The monoisotopic (exact) mass is 300 g/mol. The molecule has 0 spiro atoms. The zero-order valence-corrected chi connectivity index (χ0v) is 12.4. The molecule has 3 aromatic rings. The minimum atomic E-state index is -0.471. The third-order valence-corrected chi connectivity index (χ3v) is 3.43. The number of amides is 1. The molecule has 0 aliphatic carbocycles. The van der Waals surface area contributed by atoms with Crippen LogP contribution in [0.3, 0.4) is 0 Å². The molecule has 0 fully saturated rings. The molecule has 1 aromatic carbocycles. The molecule has 3 rings (SSSR count). The Labute approximate surface area is 126 Å². The van der Waals surface area contributed by atoms with Gasteiger partial charge in [-0.15, -0.1) is 0 Å². The van der Waals surface area contributed by atoms with Crippen LogP contribution in [0.2, 0.25) is 0 Å². The van der Waals surface area contributed by atoms with E-state index in [0.29, 0.717) is 30.0 Å². The number of fused-ring (bicyclic) bond motifs is 1. The minimum absolute atomic E-state index is 0.220. The van der Waals surface area contributed by atoms with E-state index in [0.717, 1.165) is 11.2 Å². The summed E-state index contributed by atoms with van der Waals surface area (Å²) in [5.41, 5.74) is 8.58. The number of aryl methyl sites for hydroxylation is 1. The molecule has 0 unspecified atom stereocenters. The zero-order valence-electron chi connectivity index (χ0n) is 12.4. The van der Waals surface area contributed by atoms with E-state index in [-0.39, 0.29) is 6.08 Å². The number of benzene rings is 1. The number of nitrogens with zero attached hydrogens (tertiary/aromatic N) is 3. The van der Waals surface area contributed by atoms with E-state index < -0.39 is 5.91 Å². The van der Waals surface area contributed by atoms with Crippen molar-refractivity contribution in [2.45, 2.75) is 20.4 Å². The molecule has 7 heteroatoms. The second-order valence-electron chi connectivity index (χ2n) is 4.93. The summed E-state index contributed by atoms with van der Waals surface area (Å²) in [6.45, 7) is 4.36. The van der Waals surface area contributed by atoms with E-state index >= 15 is 0 Å². The van der Waals surface area contributed by atoms with Gasteiger partial charge in [-0.2, -0.15) is 10.1 Å². The maximum Gasteiger partial charge on any atom is 0.394 e. The smallest absolute Gasteiger partial charge is 0.394 e. The Morgan fingerprint density at radius 3 is 2.82 bits per heavy atom. The van der Waals surface area contributed by atoms with Crippen molar-refractivity contribution in [1.82, 2.24) is 14.8 Å². The molecule has 0 saturated heterocycles. The molecule has 22 heavy (non-hydrogen) atoms. The van der Waals surface area contributed by atoms with E-state index in [1.165, 1.54) is 0 Å². The van der Waals surface area contributed by atoms with Gasteiger partial charge in [0.15, 0.2) is 5.58 Å². The third kappa shape index (κ3) is 2.52. The topological polar surface area (TPSA) is 96.2 Å². The van der Waals surface area contributed by atoms with E-state index in [9.17, 15) is 4.79 Å². The lowest BCUT2D eigenvalue weighted by Gasteiger charge is -2.04. The van der Waals surface area contributed by atoms with Gasteiger partial charge >= 0.3 is 6.08 Å². The lowest BCUT2D eigenvalue weighted by molar-refractivity contribution is 0.0999. The Morgan fingerprint density at radius 1 is 1.36 bits per heavy atom. The lowest BCUT2D eigenvalue weighted by Crippen LogP contribution is -2.15. The minimum Gasteiger partial charge on any atom is -0.448 e. The van der Waals surface area contributed by atoms with Crippen molar-refractivity contribution in [3.8, 4) is 6.08 Å². The highest BCUT2D eigenvalue weighted by Gasteiger charge is 2.16. The fourth-order valence-electron chi connectivity index (χ4n) is 2.40. The molecule has 2 N–H and O–H groups in total. The van der Waals surface area contributed by atoms with Gasteiger partial charge in [-0.1, -0.05) is 12.1 Å². The summed E-state index contributed by atoms with van der Waals surface area (Å²) in [4.78, 5) is 15.6. The summed E-state index contributed by atoms with van der Waals surface area (Å²) < 4.78 is 12.7. The fourth-order valence-corrected chi connectivity index (χ4v) is 2.40. The highest BCUT2D eigenvalue weighted by molar-refractivity contribution is 5.95. The summed E-state index contributed by atoms with van der Waals surface area (Å²) >= 11 is 0. The Bertz CT molecular complexity index is 802. The standard InChI is InChI=1S/C15H16N4O3/c1-9-13(14(16)20)10(2)19(18-9)7-8-21-15-17-11-5-3-4-6-12(11)22-15/h3-6H,7-8H2,1-2H3,(H2,16,20). The van der Waals surface area contributed by atoms with Crippen LogP contribution in [0, 0.1) is 13.8 Å². The van der Waals surface area contributed by atoms with Gasteiger partial charge in [0.2, 0.25) is 0 Å². The van der Waals surface area contributed by atoms with Gasteiger partial charge in [-0.25, -0.2) is 0 Å². The Balaban J connectivity index is 1.68. The molecule has 0 radical (unpaired) electrons. The maximum atomic E-state index is 11.4. The molecule has 1 amide bonds. The van der Waals surface area contributed by atoms with E-state index in [1.54, 1.807) is 18.5 Å². The van der Waals surface area contributed by atoms with Crippen LogP contribution in [0.15, 0.2) is 28.7 Å². The number of oxazole rings is 1. The zero-order chi connectivity index (χ0) is 15.7. The van der Waals surface area contributed by atoms with Gasteiger partial charge in [-0.05, 0) is 26.0 Å². The number of rotatable bonds is 5. The largest absolute Gasteiger partial charge is 0.448 e. The number of carbonyl (C=O) groups excluding carboxylic acids is 1. The first-order chi connectivity index (χ1) is 10.6. The highest BCUT2D eigenvalue weighted by Crippen LogP contribution is 2.20. The van der Waals surface area contributed by atoms with Crippen molar-refractivity contribution in [1.29, 1.82) is 0 Å². The van der Waals surface area contributed by atoms with Crippen LogP contribution in [0.25, 0.3) is 11.1 Å². The Morgan fingerprint density at radius 2 is 2.14 bits per heavy atom. The number of aromatic nitrogens is 3. The number of hydrogen-bond acceptors (Lipinski definition) is 5. The number of hydrogen-bond donors (Lipinski definition) is 1. The normalized spacial score (nSPS) is 11.0. The second kappa shape index (κ2) is 5.51. The van der Waals surface area contributed by atoms with Crippen molar-refractivity contribution in [2.24, 2.45) is 5.73 Å². The lowest BCUT2D eigenvalue weighted by atomic mass is 10.2. The van der Waals surface area contributed by atoms with Gasteiger partial charge in [0, 0.05) is 5.69 Å². The molecule has 114 valence electrons. The molecule has 2 aromatic heterocycles. The van der Waals surface area contributed by atoms with Gasteiger partial charge in [0.1, 0.15) is 12.1 Å². The highest BCUT2D eigenvalue weighted by atomic mass is 16.6. The van der Waals surface area contributed by atoms with Crippen LogP contribution in [0.1, 0.15) is 21.7 Å². The summed E-state index contributed by atoms with van der Waals surface area (Å²) in [6.07, 6.45) is 0.220. The Hall–Kier alpha value is -2.83. The fraction of sp³-hybridized carbons (Fsp3) is 0.267. The first-order valence-electron chi connectivity index (χ1n) is 6.88. The third-order valence-electron chi connectivity index (χ3n) is 3.43. The number of primary amides is 1. The van der Waals surface area contributed by atoms with Gasteiger partial charge in [0.05, 0.1) is 17.8 Å². The van der Waals surface area contributed by atoms with Crippen molar-refractivity contribution >= 4 is 17.0 Å². The molecule has 0 atom stereocenters. The second-order valence-corrected chi connectivity index (χ2v) is 4.93. The Kier molecular flexibility index (Phi) is 3.54. The van der Waals surface area contributed by atoms with Crippen LogP contribution in [0.5, 0.6) is 6.08 Å². The summed E-state index contributed by atoms with van der Waals surface area (Å²) in [5, 5.41) is 4.29. The van der Waals surface area contributed by atoms with Gasteiger partial charge in [-0.3, -0.25) is 9.48 Å². The summed E-state index contributed by atoms with van der Waals surface area (Å²) in [7, 11) is 0. The quantitative estimate of drug-likeness (QED) is 0.775. The predicted octanol–water partition coefficient (Wildman–Crippen LogP) is 1.82. The SMILES string of the molecule is Cc1nn(CCOc2nc3ccccc3o2)c(C)c1C(N)=O. The molecule has 7 nitrogen and oxygen atoms in total. The van der Waals surface area contributed by atoms with Crippen molar-refractivity contribution in [3.05, 3.63) is 41.2 Å². The summed E-state index contributed by atoms with van der Waals surface area (Å²) in [6, 6.07) is 7.44. The molecule has 0 bridgehead atoms. The van der Waals surface area contributed by atoms with Crippen LogP contribution < -0.4 is 10.5 Å². The van der Waals surface area contributed by atoms with Gasteiger partial charge < -0.3 is 14.9 Å². The van der Waals surface area contributed by atoms with Crippen LogP contribution in [-0.2, 0) is 6.54 Å². The van der Waals surface area contributed by atoms with Crippen molar-refractivity contribution < 1.29 is 13.9 Å². The van der Waals surface area contributed by atoms with E-state index in [2.05, 4.69) is 10.1 Å². The molecular formula is C15H16N4O3. The number of nitrogens with two attached hydrogens (primary N) is 1. The molecule has 0 aliphatic heterocycles. The van der Waals surface area contributed by atoms with Crippen LogP contribution >= 0.6 is 0 Å². The molecular weight excluding hydrogens is 284 g/mol. The molecule has 0 saturated carbocycles. The maximum absolute atomic E-state index is 11.4. The number of para-hydroxylation sites is 2. The number of carbonyl (C=O) groups is 1. The number of ether oxygens (including phenoxy) is 1. The molecule has 0 aliphatic rings. The van der Waals surface area contributed by atoms with Crippen molar-refractivity contribution in [2.75, 3.05) is 6.61 Å². The van der Waals surface area contributed by atoms with E-state index in [1.807, 2.05) is 24.3 Å². The van der Waals surface area contributed by atoms with Gasteiger partial charge in [0.25, 0.3) is 5.91 Å². The van der Waals surface area contributed by atoms with Crippen molar-refractivity contribution in [3.63, 3.8) is 0 Å². The summed E-state index contributed by atoms with van der Waals surface area (Å²) in [5.74, 6) is -0.471. The van der Waals surface area contributed by atoms with Crippen LogP contribution in [-0.4, -0.2) is 27.3 Å². The average molecular weight is 300 g/mol. The van der Waals surface area contributed by atoms with Crippen LogP contribution in [0.4, 0.5) is 0 Å². The molecule has 2 heterocycles. The first-order valence-corrected chi connectivity index (χ1v) is 6.88. The average Bonchev–Trinajstić information content (AvgIpc) is 2.99.